The van der Waals surface area contributed by atoms with Crippen molar-refractivity contribution in [3.05, 3.63) is 91.0 Å². The topological polar surface area (TPSA) is 192 Å². The van der Waals surface area contributed by atoms with E-state index in [4.69, 9.17) is 0 Å². The van der Waals surface area contributed by atoms with Gasteiger partial charge in [-0.1, -0.05) is 93.1 Å². The van der Waals surface area contributed by atoms with Crippen LogP contribution in [0.1, 0.15) is 142 Å². The predicted octanol–water partition coefficient (Wildman–Crippen LogP) is 7.67. The Balaban J connectivity index is 1.10. The summed E-state index contributed by atoms with van der Waals surface area (Å²) in [7, 11) is -1.74. The van der Waals surface area contributed by atoms with Gasteiger partial charge >= 0.3 is 0 Å². The molecule has 0 radical (unpaired) electrons. The number of rotatable bonds is 38. The second-order valence-electron chi connectivity index (χ2n) is 17.7. The van der Waals surface area contributed by atoms with Crippen LogP contribution in [0.3, 0.4) is 0 Å². The number of nitrogens with zero attached hydrogens (tertiary/aromatic N) is 3. The molecule has 0 aliphatic rings. The van der Waals surface area contributed by atoms with Crippen molar-refractivity contribution in [3.8, 4) is 0 Å². The molecule has 0 heterocycles. The fraction of sp³-hybridized carbons (Fsp3) is 0.566. The van der Waals surface area contributed by atoms with Crippen LogP contribution in [0, 0.1) is 0 Å². The first-order valence-corrected chi connectivity index (χ1v) is 27.3. The standard InChI is InChI=1S/C53H81N6O8P/c1-46(60)57(65)42-24-12-22-40-55-50(61)35-37-53(64)59(67)44-26-13-23-41-56-51(62)34-36-52(63)58(66)43-25-11-21-39-54-38-20-6-4-2-3-5-7-27-45-68(47-28-14-8-15-29-47,48-30-16-9-17-31-48)49-32-18-10-19-33-49/h8-10,14-19,28-33,54,65-67H,2-7,11-13,20-27,34-45H2,1H3,(H-,55,56,61,62)/p+1. The lowest BCUT2D eigenvalue weighted by atomic mass is 10.1. The minimum atomic E-state index is -1.74. The van der Waals surface area contributed by atoms with Crippen LogP contribution >= 0.6 is 7.26 Å². The summed E-state index contributed by atoms with van der Waals surface area (Å²) in [6.45, 7) is 4.59. The van der Waals surface area contributed by atoms with Crippen LogP contribution in [-0.4, -0.2) is 112 Å². The van der Waals surface area contributed by atoms with E-state index in [1.165, 1.54) is 80.4 Å². The number of hydrogen-bond acceptors (Lipinski definition) is 9. The molecule has 0 aliphatic heterocycles. The minimum Gasteiger partial charge on any atom is -0.356 e. The highest BCUT2D eigenvalue weighted by molar-refractivity contribution is 7.95. The third-order valence-electron chi connectivity index (χ3n) is 12.2. The highest BCUT2D eigenvalue weighted by Gasteiger charge is 2.44. The first kappa shape index (κ1) is 57.6. The summed E-state index contributed by atoms with van der Waals surface area (Å²) in [5.41, 5.74) is 0. The Bertz CT molecular complexity index is 1750. The number of carbonyl (C=O) groups is 5. The van der Waals surface area contributed by atoms with Gasteiger partial charge in [-0.2, -0.15) is 0 Å². The molecule has 0 unspecified atom stereocenters. The fourth-order valence-corrected chi connectivity index (χ4v) is 12.6. The van der Waals surface area contributed by atoms with E-state index in [0.29, 0.717) is 68.2 Å². The average molecular weight is 962 g/mol. The van der Waals surface area contributed by atoms with Gasteiger partial charge in [-0.3, -0.25) is 39.6 Å². The number of hydroxylamine groups is 6. The average Bonchev–Trinajstić information content (AvgIpc) is 3.36. The molecular formula is C53H82N6O8P+. The van der Waals surface area contributed by atoms with Gasteiger partial charge in [-0.25, -0.2) is 15.2 Å². The van der Waals surface area contributed by atoms with E-state index in [1.807, 2.05) is 0 Å². The normalized spacial score (nSPS) is 11.2. The number of unbranched alkanes of at least 4 members (excludes halogenated alkanes) is 13. The molecule has 3 rings (SSSR count). The van der Waals surface area contributed by atoms with Gasteiger partial charge < -0.3 is 16.0 Å². The Morgan fingerprint density at radius 1 is 0.412 bits per heavy atom. The minimum absolute atomic E-state index is 0.0168. The molecule has 0 aliphatic carbocycles. The molecule has 5 amide bonds. The maximum atomic E-state index is 12.3. The van der Waals surface area contributed by atoms with Crippen LogP contribution in [0.25, 0.3) is 0 Å². The van der Waals surface area contributed by atoms with Gasteiger partial charge in [0.25, 0.3) is 0 Å². The van der Waals surface area contributed by atoms with Crippen LogP contribution in [0.15, 0.2) is 91.0 Å². The summed E-state index contributed by atoms with van der Waals surface area (Å²) >= 11 is 0. The van der Waals surface area contributed by atoms with Crippen molar-refractivity contribution >= 4 is 52.7 Å². The Morgan fingerprint density at radius 3 is 1.12 bits per heavy atom. The first-order chi connectivity index (χ1) is 33.0. The summed E-state index contributed by atoms with van der Waals surface area (Å²) in [5, 5.41) is 44.9. The van der Waals surface area contributed by atoms with Crippen molar-refractivity contribution in [3.63, 3.8) is 0 Å². The smallest absolute Gasteiger partial charge is 0.246 e. The second kappa shape index (κ2) is 35.4. The molecular weight excluding hydrogens is 880 g/mol. The van der Waals surface area contributed by atoms with E-state index >= 15 is 0 Å². The molecule has 3 aromatic rings. The quantitative estimate of drug-likeness (QED) is 0.0145. The highest BCUT2D eigenvalue weighted by atomic mass is 31.2. The van der Waals surface area contributed by atoms with Crippen molar-refractivity contribution in [1.29, 1.82) is 0 Å². The Hall–Kier alpha value is -4.72. The molecule has 376 valence electrons. The van der Waals surface area contributed by atoms with Gasteiger partial charge in [-0.05, 0) is 120 Å². The summed E-state index contributed by atoms with van der Waals surface area (Å²) in [4.78, 5) is 59.7. The number of amides is 5. The van der Waals surface area contributed by atoms with Crippen molar-refractivity contribution in [2.45, 2.75) is 142 Å². The van der Waals surface area contributed by atoms with Crippen molar-refractivity contribution in [2.75, 3.05) is 52.0 Å². The molecule has 0 spiro atoms. The summed E-state index contributed by atoms with van der Waals surface area (Å²) < 4.78 is 0. The molecule has 6 N–H and O–H groups in total. The summed E-state index contributed by atoms with van der Waals surface area (Å²) in [6, 6.07) is 33.5. The van der Waals surface area contributed by atoms with E-state index in [-0.39, 0.29) is 57.1 Å². The largest absolute Gasteiger partial charge is 0.356 e. The van der Waals surface area contributed by atoms with E-state index in [1.54, 1.807) is 0 Å². The molecule has 0 fully saturated rings. The van der Waals surface area contributed by atoms with E-state index in [0.717, 1.165) is 31.0 Å². The predicted molar refractivity (Wildman–Crippen MR) is 272 cm³/mol. The maximum absolute atomic E-state index is 12.3. The van der Waals surface area contributed by atoms with Gasteiger partial charge in [0.1, 0.15) is 23.2 Å². The third-order valence-corrected chi connectivity index (χ3v) is 16.7. The van der Waals surface area contributed by atoms with Gasteiger partial charge in [0.2, 0.25) is 29.5 Å². The zero-order valence-corrected chi connectivity index (χ0v) is 41.7. The summed E-state index contributed by atoms with van der Waals surface area (Å²) in [6.07, 6.45) is 17.3. The lowest BCUT2D eigenvalue weighted by Gasteiger charge is -2.27. The van der Waals surface area contributed by atoms with Crippen molar-refractivity contribution in [2.24, 2.45) is 0 Å². The van der Waals surface area contributed by atoms with Crippen LogP contribution in [0.2, 0.25) is 0 Å². The summed E-state index contributed by atoms with van der Waals surface area (Å²) in [5.74, 6) is -2.01. The lowest BCUT2D eigenvalue weighted by Crippen LogP contribution is -2.33. The number of hydrogen-bond donors (Lipinski definition) is 6. The highest BCUT2D eigenvalue weighted by Crippen LogP contribution is 2.56. The molecule has 15 heteroatoms. The van der Waals surface area contributed by atoms with Crippen LogP contribution < -0.4 is 31.9 Å². The third kappa shape index (κ3) is 23.5. The monoisotopic (exact) mass is 962 g/mol. The van der Waals surface area contributed by atoms with Gasteiger partial charge in [0.15, 0.2) is 0 Å². The fourth-order valence-electron chi connectivity index (χ4n) is 8.22. The Labute approximate surface area is 406 Å². The number of carbonyl (C=O) groups excluding carboxylic acids is 5. The van der Waals surface area contributed by atoms with Crippen LogP contribution in [0.5, 0.6) is 0 Å². The van der Waals surface area contributed by atoms with Crippen LogP contribution in [-0.2, 0) is 24.0 Å². The molecule has 3 aromatic carbocycles. The van der Waals surface area contributed by atoms with E-state index in [9.17, 15) is 39.6 Å². The molecule has 0 saturated heterocycles. The van der Waals surface area contributed by atoms with E-state index in [2.05, 4.69) is 107 Å². The Morgan fingerprint density at radius 2 is 0.735 bits per heavy atom. The molecule has 68 heavy (non-hydrogen) atoms. The molecule has 14 nitrogen and oxygen atoms in total. The van der Waals surface area contributed by atoms with Crippen molar-refractivity contribution < 1.29 is 39.6 Å². The number of nitrogens with one attached hydrogen (secondary N) is 3. The van der Waals surface area contributed by atoms with Crippen LogP contribution in [0.4, 0.5) is 0 Å². The van der Waals surface area contributed by atoms with Crippen molar-refractivity contribution in [1.82, 2.24) is 31.1 Å². The molecule has 0 saturated carbocycles. The van der Waals surface area contributed by atoms with E-state index < -0.39 is 25.0 Å². The second-order valence-corrected chi connectivity index (χ2v) is 21.3. The zero-order valence-electron chi connectivity index (χ0n) is 40.8. The van der Waals surface area contributed by atoms with Gasteiger partial charge in [-0.15, -0.1) is 0 Å². The Kier molecular flexibility index (Phi) is 30.0. The van der Waals surface area contributed by atoms with Gasteiger partial charge in [0.05, 0.1) is 6.16 Å². The first-order valence-electron chi connectivity index (χ1n) is 25.3. The lowest BCUT2D eigenvalue weighted by molar-refractivity contribution is -0.166. The SMILES string of the molecule is CC(=O)N(O)CCCCCNC(=O)CCC(=O)N(O)CCCCCNC(=O)CCC(=O)N(O)CCCCCNCCCCCCCCCC[P+](c1ccccc1)(c1ccccc1)c1ccccc1. The maximum Gasteiger partial charge on any atom is 0.246 e. The molecule has 0 atom stereocenters. The van der Waals surface area contributed by atoms with Gasteiger partial charge in [0, 0.05) is 65.3 Å². The number of benzene rings is 3. The zero-order chi connectivity index (χ0) is 49.1. The molecule has 0 bridgehead atoms. The molecule has 0 aromatic heterocycles.